The molecule has 1 aliphatic rings. The minimum atomic E-state index is -1.35. The van der Waals surface area contributed by atoms with Crippen molar-refractivity contribution in [1.29, 1.82) is 0 Å². The first-order valence-electron chi connectivity index (χ1n) is 6.25. The molecule has 2 aromatic rings. The molecule has 3 heterocycles. The highest BCUT2D eigenvalue weighted by Crippen LogP contribution is 2.32. The number of aliphatic hydroxyl groups is 2. The van der Waals surface area contributed by atoms with Crippen molar-refractivity contribution in [3.63, 3.8) is 0 Å². The predicted molar refractivity (Wildman–Crippen MR) is 67.6 cm³/mol. The van der Waals surface area contributed by atoms with Gasteiger partial charge in [-0.3, -0.25) is 9.36 Å². The fraction of sp³-hybridized carbons (Fsp3) is 0.455. The van der Waals surface area contributed by atoms with Gasteiger partial charge >= 0.3 is 6.08 Å². The Bertz CT molecular complexity index is 709. The third-order valence-corrected chi connectivity index (χ3v) is 3.36. The van der Waals surface area contributed by atoms with E-state index >= 15 is 0 Å². The number of hydrogen-bond acceptors (Lipinski definition) is 9. The molecule has 2 aromatic heterocycles. The summed E-state index contributed by atoms with van der Waals surface area (Å²) < 4.78 is 24.5. The number of hydrogen-bond donors (Lipinski definition) is 3. The molecule has 22 heavy (non-hydrogen) atoms. The van der Waals surface area contributed by atoms with Crippen LogP contribution in [0.4, 0.5) is 10.2 Å². The number of halogens is 1. The molecule has 4 unspecified atom stereocenters. The van der Waals surface area contributed by atoms with Crippen LogP contribution in [0.15, 0.2) is 6.33 Å². The van der Waals surface area contributed by atoms with Gasteiger partial charge in [0.2, 0.25) is 0 Å². The topological polar surface area (TPSA) is 146 Å². The zero-order valence-corrected chi connectivity index (χ0v) is 11.0. The molecule has 0 saturated carbocycles. The lowest BCUT2D eigenvalue weighted by Gasteiger charge is -2.16. The van der Waals surface area contributed by atoms with Crippen molar-refractivity contribution >= 4 is 23.5 Å². The molecule has 1 fully saturated rings. The van der Waals surface area contributed by atoms with E-state index in [1.165, 1.54) is 10.9 Å². The van der Waals surface area contributed by atoms with Crippen LogP contribution in [0.3, 0.4) is 0 Å². The third-order valence-electron chi connectivity index (χ3n) is 3.36. The summed E-state index contributed by atoms with van der Waals surface area (Å²) in [5.41, 5.74) is 5.70. The van der Waals surface area contributed by atoms with Gasteiger partial charge in [-0.15, -0.1) is 0 Å². The summed E-state index contributed by atoms with van der Waals surface area (Å²) in [5, 5.41) is 20.0. The quantitative estimate of drug-likeness (QED) is 0.446. The summed E-state index contributed by atoms with van der Waals surface area (Å²) >= 11 is 0. The fourth-order valence-corrected chi connectivity index (χ4v) is 2.33. The molecule has 0 amide bonds. The number of fused-ring (bicyclic) bond motifs is 1. The maximum absolute atomic E-state index is 13.3. The zero-order chi connectivity index (χ0) is 15.9. The van der Waals surface area contributed by atoms with Crippen LogP contribution in [0, 0.1) is 6.08 Å². The highest BCUT2D eigenvalue weighted by molar-refractivity contribution is 5.81. The molecular formula is C11H12FN5O5. The fourth-order valence-electron chi connectivity index (χ4n) is 2.33. The Labute approximate surface area is 122 Å². The highest BCUT2D eigenvalue weighted by Gasteiger charge is 2.44. The Morgan fingerprint density at radius 1 is 1.45 bits per heavy atom. The number of nitrogens with zero attached hydrogens (tertiary/aromatic N) is 4. The van der Waals surface area contributed by atoms with Crippen LogP contribution in [0.25, 0.3) is 11.2 Å². The van der Waals surface area contributed by atoms with Crippen LogP contribution in [0.5, 0.6) is 0 Å². The Kier molecular flexibility index (Phi) is 3.60. The van der Waals surface area contributed by atoms with E-state index in [9.17, 15) is 19.4 Å². The number of anilines is 1. The number of aliphatic hydroxyl groups excluding tert-OH is 2. The van der Waals surface area contributed by atoms with Gasteiger partial charge in [0, 0.05) is 0 Å². The number of carbonyl (C=O) groups excluding carboxylic acids is 1. The second-order valence-electron chi connectivity index (χ2n) is 4.68. The van der Waals surface area contributed by atoms with E-state index in [2.05, 4.69) is 19.7 Å². The first-order valence-corrected chi connectivity index (χ1v) is 6.25. The van der Waals surface area contributed by atoms with Gasteiger partial charge < -0.3 is 25.4 Å². The minimum Gasteiger partial charge on any atom is -0.465 e. The maximum atomic E-state index is 13.3. The number of nitrogen functional groups attached to an aromatic ring is 1. The van der Waals surface area contributed by atoms with E-state index < -0.39 is 30.6 Å². The minimum absolute atomic E-state index is 0.0122. The Balaban J connectivity index is 1.96. The summed E-state index contributed by atoms with van der Waals surface area (Å²) in [4.78, 5) is 21.1. The number of rotatable bonds is 4. The van der Waals surface area contributed by atoms with Crippen molar-refractivity contribution < 1.29 is 28.9 Å². The molecule has 11 heteroatoms. The lowest BCUT2D eigenvalue weighted by molar-refractivity contribution is -0.135. The van der Waals surface area contributed by atoms with Gasteiger partial charge in [0.25, 0.3) is 6.47 Å². The molecule has 10 nitrogen and oxygen atoms in total. The molecule has 4 atom stereocenters. The van der Waals surface area contributed by atoms with Gasteiger partial charge in [0.1, 0.15) is 24.9 Å². The molecule has 1 saturated heterocycles. The summed E-state index contributed by atoms with van der Waals surface area (Å²) in [6.07, 6.45) is -4.50. The smallest absolute Gasteiger partial charge is 0.312 e. The van der Waals surface area contributed by atoms with Gasteiger partial charge in [-0.1, -0.05) is 0 Å². The van der Waals surface area contributed by atoms with Crippen LogP contribution >= 0.6 is 0 Å². The molecule has 3 rings (SSSR count). The summed E-state index contributed by atoms with van der Waals surface area (Å²) in [6.45, 7) is -0.0396. The Hall–Kier alpha value is -2.37. The predicted octanol–water partition coefficient (Wildman–Crippen LogP) is -1.66. The van der Waals surface area contributed by atoms with Crippen LogP contribution in [-0.2, 0) is 14.3 Å². The average Bonchev–Trinajstić information content (AvgIpc) is 3.00. The Morgan fingerprint density at radius 2 is 2.23 bits per heavy atom. The Morgan fingerprint density at radius 3 is 2.95 bits per heavy atom. The second kappa shape index (κ2) is 5.44. The second-order valence-corrected chi connectivity index (χ2v) is 4.68. The van der Waals surface area contributed by atoms with Gasteiger partial charge in [0.05, 0.1) is 6.33 Å². The molecule has 0 radical (unpaired) electrons. The van der Waals surface area contributed by atoms with Gasteiger partial charge in [-0.05, 0) is 0 Å². The van der Waals surface area contributed by atoms with E-state index in [-0.39, 0.29) is 30.1 Å². The first kappa shape index (κ1) is 14.6. The van der Waals surface area contributed by atoms with Crippen LogP contribution in [0.2, 0.25) is 0 Å². The van der Waals surface area contributed by atoms with E-state index in [0.29, 0.717) is 0 Å². The maximum Gasteiger partial charge on any atom is 0.312 e. The number of ether oxygens (including phenoxy) is 2. The van der Waals surface area contributed by atoms with E-state index in [4.69, 9.17) is 10.5 Å². The molecule has 0 aliphatic carbocycles. The summed E-state index contributed by atoms with van der Waals surface area (Å²) in [6, 6.07) is 0. The van der Waals surface area contributed by atoms with E-state index in [0.717, 1.165) is 0 Å². The molecule has 1 aliphatic heterocycles. The monoisotopic (exact) mass is 313 g/mol. The summed E-state index contributed by atoms with van der Waals surface area (Å²) in [5.74, 6) is -0.157. The molecular weight excluding hydrogens is 301 g/mol. The number of imidazole rings is 1. The SMILES string of the molecule is Nc1nc(F)nc2c1ncn2C1OC(COC=O)C(O)C1O. The first-order chi connectivity index (χ1) is 10.5. The number of aromatic nitrogens is 4. The van der Waals surface area contributed by atoms with Gasteiger partial charge in [-0.2, -0.15) is 14.4 Å². The van der Waals surface area contributed by atoms with Gasteiger partial charge in [-0.25, -0.2) is 4.98 Å². The van der Waals surface area contributed by atoms with Crippen molar-refractivity contribution in [2.24, 2.45) is 0 Å². The zero-order valence-electron chi connectivity index (χ0n) is 11.0. The van der Waals surface area contributed by atoms with Crippen molar-refractivity contribution in [2.45, 2.75) is 24.5 Å². The van der Waals surface area contributed by atoms with Crippen molar-refractivity contribution in [3.05, 3.63) is 12.4 Å². The summed E-state index contributed by atoms with van der Waals surface area (Å²) in [7, 11) is 0. The van der Waals surface area contributed by atoms with Crippen molar-refractivity contribution in [3.8, 4) is 0 Å². The molecule has 118 valence electrons. The number of nitrogens with two attached hydrogens (primary N) is 1. The molecule has 4 N–H and O–H groups in total. The standard InChI is InChI=1S/C11H12FN5O5/c12-11-15-8(13)5-9(16-11)17(2-14-5)10-7(20)6(19)4(22-10)1-21-3-18/h2-4,6-7,10,19-20H,1H2,(H2,13,15,16). The molecule has 0 aromatic carbocycles. The molecule has 0 bridgehead atoms. The van der Waals surface area contributed by atoms with Crippen LogP contribution in [-0.4, -0.2) is 61.1 Å². The van der Waals surface area contributed by atoms with E-state index in [1.807, 2.05) is 0 Å². The average molecular weight is 313 g/mol. The van der Waals surface area contributed by atoms with Crippen molar-refractivity contribution in [1.82, 2.24) is 19.5 Å². The largest absolute Gasteiger partial charge is 0.465 e. The van der Waals surface area contributed by atoms with Crippen molar-refractivity contribution in [2.75, 3.05) is 12.3 Å². The van der Waals surface area contributed by atoms with Crippen LogP contribution < -0.4 is 5.73 Å². The number of carbonyl (C=O) groups is 1. The van der Waals surface area contributed by atoms with Gasteiger partial charge in [0.15, 0.2) is 23.2 Å². The highest BCUT2D eigenvalue weighted by atomic mass is 19.1. The molecule has 0 spiro atoms. The lowest BCUT2D eigenvalue weighted by atomic mass is 10.1. The lowest BCUT2D eigenvalue weighted by Crippen LogP contribution is -2.33. The van der Waals surface area contributed by atoms with Crippen LogP contribution in [0.1, 0.15) is 6.23 Å². The van der Waals surface area contributed by atoms with E-state index in [1.54, 1.807) is 0 Å². The third kappa shape index (κ3) is 2.24. The normalized spacial score (nSPS) is 28.1.